The van der Waals surface area contributed by atoms with Gasteiger partial charge < -0.3 is 14.8 Å². The van der Waals surface area contributed by atoms with Crippen molar-refractivity contribution in [3.05, 3.63) is 95.1 Å². The first-order chi connectivity index (χ1) is 15.3. The fraction of sp³-hybridized carbons (Fsp3) is 0.250. The number of anilines is 1. The molecule has 0 unspecified atom stereocenters. The van der Waals surface area contributed by atoms with Crippen LogP contribution in [-0.4, -0.2) is 19.1 Å². The van der Waals surface area contributed by atoms with E-state index in [1.54, 1.807) is 12.1 Å². The van der Waals surface area contributed by atoms with Crippen LogP contribution in [0.2, 0.25) is 0 Å². The van der Waals surface area contributed by atoms with Crippen molar-refractivity contribution in [2.24, 2.45) is 0 Å². The second kappa shape index (κ2) is 8.91. The van der Waals surface area contributed by atoms with Crippen LogP contribution in [0.4, 0.5) is 5.69 Å². The Balaban J connectivity index is 1.64. The van der Waals surface area contributed by atoms with Gasteiger partial charge in [0, 0.05) is 17.8 Å². The van der Waals surface area contributed by atoms with Gasteiger partial charge in [0.1, 0.15) is 13.2 Å². The Morgan fingerprint density at radius 3 is 2.06 bits per heavy atom. The standard InChI is InChI=1S/C28H29NO3/c1-19-5-7-20(8-6-19)24(21-9-11-22(12-10-21)28(2,3)4)18-27(30)29-23-13-14-25-26(17-23)32-16-15-31-25/h5-14,17-18H,15-16H2,1-4H3,(H,29,30). The van der Waals surface area contributed by atoms with E-state index in [1.165, 1.54) is 11.1 Å². The third kappa shape index (κ3) is 5.02. The minimum atomic E-state index is -0.197. The lowest BCUT2D eigenvalue weighted by Gasteiger charge is -2.20. The summed E-state index contributed by atoms with van der Waals surface area (Å²) >= 11 is 0. The number of carbonyl (C=O) groups excluding carboxylic acids is 1. The summed E-state index contributed by atoms with van der Waals surface area (Å²) in [6, 6.07) is 22.1. The quantitative estimate of drug-likeness (QED) is 0.509. The van der Waals surface area contributed by atoms with E-state index in [0.29, 0.717) is 30.4 Å². The Hall–Kier alpha value is -3.53. The number of ether oxygens (including phenoxy) is 2. The molecule has 0 saturated carbocycles. The second-order valence-corrected chi connectivity index (χ2v) is 9.10. The summed E-state index contributed by atoms with van der Waals surface area (Å²) in [5.74, 6) is 1.15. The van der Waals surface area contributed by atoms with Crippen molar-refractivity contribution in [2.45, 2.75) is 33.1 Å². The van der Waals surface area contributed by atoms with Crippen molar-refractivity contribution in [2.75, 3.05) is 18.5 Å². The van der Waals surface area contributed by atoms with Crippen molar-refractivity contribution in [3.63, 3.8) is 0 Å². The number of rotatable bonds is 4. The monoisotopic (exact) mass is 427 g/mol. The van der Waals surface area contributed by atoms with Crippen LogP contribution in [-0.2, 0) is 10.2 Å². The number of benzene rings is 3. The molecule has 3 aromatic rings. The lowest BCUT2D eigenvalue weighted by molar-refractivity contribution is -0.111. The van der Waals surface area contributed by atoms with Crippen LogP contribution in [0.3, 0.4) is 0 Å². The van der Waals surface area contributed by atoms with Gasteiger partial charge in [-0.1, -0.05) is 74.9 Å². The maximum Gasteiger partial charge on any atom is 0.249 e. The molecular weight excluding hydrogens is 398 g/mol. The van der Waals surface area contributed by atoms with Crippen LogP contribution in [0.25, 0.3) is 5.57 Å². The molecule has 0 fully saturated rings. The number of amides is 1. The van der Waals surface area contributed by atoms with E-state index in [4.69, 9.17) is 9.47 Å². The molecule has 0 bridgehead atoms. The molecule has 4 heteroatoms. The lowest BCUT2D eigenvalue weighted by atomic mass is 9.85. The van der Waals surface area contributed by atoms with Gasteiger partial charge in [-0.2, -0.15) is 0 Å². The largest absolute Gasteiger partial charge is 0.486 e. The highest BCUT2D eigenvalue weighted by Gasteiger charge is 2.16. The molecule has 0 aliphatic carbocycles. The molecule has 32 heavy (non-hydrogen) atoms. The van der Waals surface area contributed by atoms with E-state index < -0.39 is 0 Å². The molecule has 1 aliphatic rings. The summed E-state index contributed by atoms with van der Waals surface area (Å²) in [5, 5.41) is 2.96. The lowest BCUT2D eigenvalue weighted by Crippen LogP contribution is -2.16. The zero-order valence-corrected chi connectivity index (χ0v) is 19.1. The summed E-state index contributed by atoms with van der Waals surface area (Å²) < 4.78 is 11.2. The first kappa shape index (κ1) is 21.7. The molecule has 1 heterocycles. The van der Waals surface area contributed by atoms with Crippen LogP contribution in [0, 0.1) is 6.92 Å². The maximum absolute atomic E-state index is 13.0. The minimum absolute atomic E-state index is 0.0713. The Kier molecular flexibility index (Phi) is 6.04. The summed E-state index contributed by atoms with van der Waals surface area (Å²) in [6.45, 7) is 9.68. The van der Waals surface area contributed by atoms with E-state index in [0.717, 1.165) is 16.7 Å². The Morgan fingerprint density at radius 2 is 1.44 bits per heavy atom. The number of carbonyl (C=O) groups is 1. The predicted molar refractivity (Wildman–Crippen MR) is 129 cm³/mol. The van der Waals surface area contributed by atoms with E-state index in [1.807, 2.05) is 12.1 Å². The predicted octanol–water partition coefficient (Wildman–Crippen LogP) is 6.13. The van der Waals surface area contributed by atoms with Crippen LogP contribution < -0.4 is 14.8 Å². The molecule has 4 nitrogen and oxygen atoms in total. The zero-order valence-electron chi connectivity index (χ0n) is 19.1. The first-order valence-electron chi connectivity index (χ1n) is 10.9. The van der Waals surface area contributed by atoms with Crippen molar-refractivity contribution < 1.29 is 14.3 Å². The molecule has 4 rings (SSSR count). The average Bonchev–Trinajstić information content (AvgIpc) is 2.78. The Morgan fingerprint density at radius 1 is 0.844 bits per heavy atom. The first-order valence-corrected chi connectivity index (χ1v) is 10.9. The van der Waals surface area contributed by atoms with E-state index in [9.17, 15) is 4.79 Å². The van der Waals surface area contributed by atoms with Crippen LogP contribution >= 0.6 is 0 Å². The highest BCUT2D eigenvalue weighted by Crippen LogP contribution is 2.33. The fourth-order valence-corrected chi connectivity index (χ4v) is 3.65. The minimum Gasteiger partial charge on any atom is -0.486 e. The van der Waals surface area contributed by atoms with Crippen LogP contribution in [0.15, 0.2) is 72.8 Å². The average molecular weight is 428 g/mol. The molecule has 0 spiro atoms. The second-order valence-electron chi connectivity index (χ2n) is 9.10. The van der Waals surface area contributed by atoms with E-state index in [-0.39, 0.29) is 11.3 Å². The number of aryl methyl sites for hydroxylation is 1. The van der Waals surface area contributed by atoms with Gasteiger partial charge in [0.25, 0.3) is 0 Å². The highest BCUT2D eigenvalue weighted by molar-refractivity contribution is 6.06. The van der Waals surface area contributed by atoms with Gasteiger partial charge in [-0.15, -0.1) is 0 Å². The van der Waals surface area contributed by atoms with Crippen molar-refractivity contribution >= 4 is 17.2 Å². The number of fused-ring (bicyclic) bond motifs is 1. The molecule has 1 N–H and O–H groups in total. The zero-order chi connectivity index (χ0) is 22.7. The van der Waals surface area contributed by atoms with Gasteiger partial charge in [-0.05, 0) is 46.7 Å². The summed E-state index contributed by atoms with van der Waals surface area (Å²) in [5.41, 5.74) is 6.04. The molecular formula is C28H29NO3. The molecule has 0 saturated heterocycles. The van der Waals surface area contributed by atoms with Crippen molar-refractivity contribution in [1.82, 2.24) is 0 Å². The van der Waals surface area contributed by atoms with Crippen molar-refractivity contribution in [3.8, 4) is 11.5 Å². The van der Waals surface area contributed by atoms with Gasteiger partial charge in [0.2, 0.25) is 5.91 Å². The molecule has 3 aromatic carbocycles. The molecule has 0 atom stereocenters. The van der Waals surface area contributed by atoms with Gasteiger partial charge in [0.05, 0.1) is 0 Å². The van der Waals surface area contributed by atoms with E-state index >= 15 is 0 Å². The fourth-order valence-electron chi connectivity index (χ4n) is 3.65. The van der Waals surface area contributed by atoms with Gasteiger partial charge in [-0.3, -0.25) is 4.79 Å². The summed E-state index contributed by atoms with van der Waals surface area (Å²) in [4.78, 5) is 13.0. The maximum atomic E-state index is 13.0. The Bertz CT molecular complexity index is 1140. The molecule has 0 radical (unpaired) electrons. The van der Waals surface area contributed by atoms with E-state index in [2.05, 4.69) is 81.5 Å². The SMILES string of the molecule is Cc1ccc(C(=CC(=O)Nc2ccc3c(c2)OCCO3)c2ccc(C(C)(C)C)cc2)cc1. The number of hydrogen-bond acceptors (Lipinski definition) is 3. The number of hydrogen-bond donors (Lipinski definition) is 1. The summed E-state index contributed by atoms with van der Waals surface area (Å²) in [7, 11) is 0. The third-order valence-corrected chi connectivity index (χ3v) is 5.51. The normalized spacial score (nSPS) is 13.6. The van der Waals surface area contributed by atoms with Crippen LogP contribution in [0.5, 0.6) is 11.5 Å². The molecule has 1 amide bonds. The number of nitrogens with one attached hydrogen (secondary N) is 1. The third-order valence-electron chi connectivity index (χ3n) is 5.51. The topological polar surface area (TPSA) is 47.6 Å². The van der Waals surface area contributed by atoms with Gasteiger partial charge in [-0.25, -0.2) is 0 Å². The van der Waals surface area contributed by atoms with Crippen LogP contribution in [0.1, 0.15) is 43.0 Å². The molecule has 1 aliphatic heterocycles. The van der Waals surface area contributed by atoms with Gasteiger partial charge in [0.15, 0.2) is 11.5 Å². The summed E-state index contributed by atoms with van der Waals surface area (Å²) in [6.07, 6.45) is 1.66. The van der Waals surface area contributed by atoms with Crippen molar-refractivity contribution in [1.29, 1.82) is 0 Å². The molecule has 0 aromatic heterocycles. The smallest absolute Gasteiger partial charge is 0.249 e. The van der Waals surface area contributed by atoms with Gasteiger partial charge >= 0.3 is 0 Å². The molecule has 164 valence electrons. The Labute approximate surface area is 189 Å². The highest BCUT2D eigenvalue weighted by atomic mass is 16.6.